The maximum atomic E-state index is 15.6. The third-order valence-corrected chi connectivity index (χ3v) is 19.1. The minimum Gasteiger partial charge on any atom is -0.481 e. The van der Waals surface area contributed by atoms with Gasteiger partial charge in [-0.3, -0.25) is 24.0 Å². The zero-order valence-corrected chi connectivity index (χ0v) is 56.4. The second kappa shape index (κ2) is 27.8. The van der Waals surface area contributed by atoms with E-state index in [-0.39, 0.29) is 123 Å². The fourth-order valence-electron chi connectivity index (χ4n) is 12.4. The van der Waals surface area contributed by atoms with E-state index in [1.165, 1.54) is 11.8 Å². The van der Waals surface area contributed by atoms with Gasteiger partial charge in [0.2, 0.25) is 11.8 Å². The number of aliphatic imine (C=N–C) groups is 1. The van der Waals surface area contributed by atoms with Crippen LogP contribution in [0.1, 0.15) is 245 Å². The van der Waals surface area contributed by atoms with Gasteiger partial charge in [-0.25, -0.2) is 14.6 Å². The molecule has 2 aliphatic carbocycles. The maximum absolute atomic E-state index is 15.6. The molecule has 0 bridgehead atoms. The van der Waals surface area contributed by atoms with Crippen molar-refractivity contribution in [1.29, 1.82) is 0 Å². The molecule has 3 aliphatic rings. The Morgan fingerprint density at radius 2 is 1.10 bits per heavy atom. The Balaban J connectivity index is 2.00. The molecule has 84 heavy (non-hydrogen) atoms. The molecular formula is C67H108N4O12S. The summed E-state index contributed by atoms with van der Waals surface area (Å²) < 4.78 is 19.4. The van der Waals surface area contributed by atoms with E-state index in [1.54, 1.807) is 33.8 Å². The number of rotatable bonds is 21. The minimum atomic E-state index is -0.890. The second-order valence-corrected chi connectivity index (χ2v) is 32.5. The Morgan fingerprint density at radius 3 is 1.48 bits per heavy atom. The first-order valence-corrected chi connectivity index (χ1v) is 31.9. The number of allylic oxidation sites excluding steroid dienone is 1. The number of aromatic amines is 1. The summed E-state index contributed by atoms with van der Waals surface area (Å²) >= 11 is 1.30. The van der Waals surface area contributed by atoms with E-state index in [4.69, 9.17) is 19.2 Å². The molecule has 4 rings (SSSR count). The number of amidine groups is 1. The lowest BCUT2D eigenvalue weighted by Gasteiger charge is -2.50. The number of hydrogen-bond acceptors (Lipinski definition) is 12. The number of carbonyl (C=O) groups excluding carboxylic acids is 5. The van der Waals surface area contributed by atoms with Crippen molar-refractivity contribution in [1.82, 2.24) is 10.3 Å². The van der Waals surface area contributed by atoms with Crippen LogP contribution in [-0.4, -0.2) is 92.5 Å². The average Bonchev–Trinajstić information content (AvgIpc) is 1.95. The predicted octanol–water partition coefficient (Wildman–Crippen LogP) is 14.7. The number of anilines is 1. The van der Waals surface area contributed by atoms with Crippen molar-refractivity contribution < 1.29 is 58.0 Å². The smallest absolute Gasteiger partial charge is 0.342 e. The van der Waals surface area contributed by atoms with Gasteiger partial charge in [0.25, 0.3) is 0 Å². The number of aromatic nitrogens is 1. The lowest BCUT2D eigenvalue weighted by atomic mass is 9.58. The number of H-pyrrole nitrogens is 1. The Kier molecular flexibility index (Phi) is 23.7. The molecule has 5 atom stereocenters. The number of esters is 3. The van der Waals surface area contributed by atoms with E-state index in [9.17, 15) is 34.2 Å². The largest absolute Gasteiger partial charge is 0.481 e. The highest BCUT2D eigenvalue weighted by Gasteiger charge is 2.52. The normalized spacial score (nSPS) is 23.8. The van der Waals surface area contributed by atoms with Crippen molar-refractivity contribution in [3.05, 3.63) is 33.7 Å². The first-order valence-electron chi connectivity index (χ1n) is 30.9. The molecule has 16 nitrogen and oxygen atoms in total. The molecule has 0 aromatic carbocycles. The third kappa shape index (κ3) is 18.5. The third-order valence-electron chi connectivity index (χ3n) is 18.0. The standard InChI is InChI=1S/C67H108N4O12S/c1-24-67(22,23)61(80)81-29-30-84-38(6)57(76)70-55-51(58(77)82-53-41(62(7,8)9)31-39(25-27-47(72)73)32-42(53)63(10,11)12)49(36(2)3)45(68-55)35-46-50(37(4)5)52(56(69-46)71-60(79)66(19,20)21)59(78)83-54-43(64(13,14)15)33-40(26-28-48(74)75)34-44(54)65(16,17)18/h35-44,53-54,68H,24-34H2,1-23H3,(H,70,76)(H,72,73)(H,74,75)(H,69,71,79). The van der Waals surface area contributed by atoms with Crippen LogP contribution < -0.4 is 10.6 Å². The van der Waals surface area contributed by atoms with Gasteiger partial charge in [0.1, 0.15) is 41.6 Å². The Labute approximate surface area is 507 Å². The summed E-state index contributed by atoms with van der Waals surface area (Å²) in [5, 5.41) is 24.8. The number of amides is 2. The summed E-state index contributed by atoms with van der Waals surface area (Å²) in [5.74, 6) is -4.70. The fourth-order valence-corrected chi connectivity index (χ4v) is 13.1. The number of hydrogen-bond donors (Lipinski definition) is 5. The number of aliphatic carboxylic acids is 2. The summed E-state index contributed by atoms with van der Waals surface area (Å²) in [5.41, 5.74) is -0.877. The highest BCUT2D eigenvalue weighted by atomic mass is 32.2. The molecule has 0 radical (unpaired) electrons. The Hall–Kier alpha value is -4.93. The summed E-state index contributed by atoms with van der Waals surface area (Å²) in [6, 6.07) is 0. The van der Waals surface area contributed by atoms with Crippen molar-refractivity contribution in [2.24, 2.45) is 78.9 Å². The SMILES string of the molecule is CCC(C)(C)C(=O)OCCSC(C)C(=O)Nc1[nH]c(C=C2N=C(NC(=O)C(C)(C)C)C(C(=O)OC3C(C(C)(C)C)CC(CCC(=O)O)CC3C(C)(C)C)=C2C(C)C)c(C(C)C)c1C(=O)OC1C(C(C)(C)C)CC(CCC(=O)O)CC1C(C)(C)C. The van der Waals surface area contributed by atoms with Crippen LogP contribution in [-0.2, 0) is 43.0 Å². The number of carboxylic acids is 2. The Morgan fingerprint density at radius 1 is 0.655 bits per heavy atom. The number of carboxylic acid groups (broad SMARTS) is 2. The van der Waals surface area contributed by atoms with E-state index in [1.807, 2.05) is 48.5 Å². The lowest BCUT2D eigenvalue weighted by molar-refractivity contribution is -0.165. The molecule has 2 amide bonds. The van der Waals surface area contributed by atoms with Crippen LogP contribution in [0.3, 0.4) is 0 Å². The van der Waals surface area contributed by atoms with Crippen LogP contribution in [0.5, 0.6) is 0 Å². The molecule has 0 saturated heterocycles. The van der Waals surface area contributed by atoms with Crippen LogP contribution in [0.25, 0.3) is 6.08 Å². The predicted molar refractivity (Wildman–Crippen MR) is 335 cm³/mol. The molecule has 0 spiro atoms. The highest BCUT2D eigenvalue weighted by molar-refractivity contribution is 8.00. The summed E-state index contributed by atoms with van der Waals surface area (Å²) in [7, 11) is 0. The minimum absolute atomic E-state index is 0.0330. The molecule has 1 aromatic rings. The van der Waals surface area contributed by atoms with Crippen LogP contribution in [0.2, 0.25) is 0 Å². The summed E-state index contributed by atoms with van der Waals surface area (Å²) in [4.78, 5) is 105. The van der Waals surface area contributed by atoms with Gasteiger partial charge in [0, 0.05) is 53.4 Å². The van der Waals surface area contributed by atoms with Gasteiger partial charge < -0.3 is 40.0 Å². The molecule has 2 saturated carbocycles. The van der Waals surface area contributed by atoms with Crippen molar-refractivity contribution in [2.45, 2.75) is 240 Å². The van der Waals surface area contributed by atoms with Crippen LogP contribution in [0.4, 0.5) is 5.82 Å². The van der Waals surface area contributed by atoms with E-state index in [0.717, 1.165) is 0 Å². The van der Waals surface area contributed by atoms with Crippen LogP contribution >= 0.6 is 11.8 Å². The van der Waals surface area contributed by atoms with Gasteiger partial charge in [0.05, 0.1) is 16.4 Å². The lowest BCUT2D eigenvalue weighted by Crippen LogP contribution is -2.50. The quantitative estimate of drug-likeness (QED) is 0.0438. The first kappa shape index (κ1) is 71.6. The molecule has 1 aliphatic heterocycles. The molecule has 5 unspecified atom stereocenters. The molecule has 1 aromatic heterocycles. The molecule has 2 fully saturated rings. The monoisotopic (exact) mass is 1190 g/mol. The first-order chi connectivity index (χ1) is 38.3. The number of thioether (sulfide) groups is 1. The summed E-state index contributed by atoms with van der Waals surface area (Å²) in [6.45, 7) is 46.0. The fraction of sp³-hybridized carbons (Fsp3) is 0.761. The van der Waals surface area contributed by atoms with Gasteiger partial charge in [-0.15, -0.1) is 11.8 Å². The van der Waals surface area contributed by atoms with Crippen LogP contribution in [0.15, 0.2) is 21.8 Å². The highest BCUT2D eigenvalue weighted by Crippen LogP contribution is 2.53. The zero-order chi connectivity index (χ0) is 64.2. The molecule has 2 heterocycles. The van der Waals surface area contributed by atoms with Crippen molar-refractivity contribution in [3.8, 4) is 0 Å². The van der Waals surface area contributed by atoms with Crippen molar-refractivity contribution in [2.75, 3.05) is 17.7 Å². The Bertz CT molecular complexity index is 2610. The molecular weight excluding hydrogens is 1080 g/mol. The van der Waals surface area contributed by atoms with Gasteiger partial charge in [-0.05, 0) is 128 Å². The molecule has 5 N–H and O–H groups in total. The van der Waals surface area contributed by atoms with E-state index in [0.29, 0.717) is 73.2 Å². The van der Waals surface area contributed by atoms with E-state index >= 15 is 9.59 Å². The maximum Gasteiger partial charge on any atom is 0.342 e. The zero-order valence-electron chi connectivity index (χ0n) is 55.5. The van der Waals surface area contributed by atoms with Crippen LogP contribution in [0, 0.1) is 73.9 Å². The van der Waals surface area contributed by atoms with Crippen molar-refractivity contribution >= 4 is 71.2 Å². The van der Waals surface area contributed by atoms with E-state index < -0.39 is 58.1 Å². The number of carbonyl (C=O) groups is 7. The molecule has 474 valence electrons. The van der Waals surface area contributed by atoms with Gasteiger partial charge in [-0.1, -0.05) is 138 Å². The number of nitrogens with zero attached hydrogens (tertiary/aromatic N) is 1. The van der Waals surface area contributed by atoms with Gasteiger partial charge in [-0.2, -0.15) is 0 Å². The summed E-state index contributed by atoms with van der Waals surface area (Å²) in [6.07, 6.45) is 5.01. The molecule has 17 heteroatoms. The van der Waals surface area contributed by atoms with Gasteiger partial charge >= 0.3 is 29.8 Å². The van der Waals surface area contributed by atoms with E-state index in [2.05, 4.69) is 98.7 Å². The number of nitrogens with one attached hydrogen (secondary N) is 3. The topological polar surface area (TPSA) is 240 Å². The van der Waals surface area contributed by atoms with Gasteiger partial charge in [0.15, 0.2) is 0 Å². The van der Waals surface area contributed by atoms with Crippen molar-refractivity contribution in [3.63, 3.8) is 0 Å². The number of ether oxygens (including phenoxy) is 3. The second-order valence-electron chi connectivity index (χ2n) is 31.0. The average molecular weight is 1190 g/mol.